The van der Waals surface area contributed by atoms with E-state index in [0.717, 1.165) is 31.6 Å². The summed E-state index contributed by atoms with van der Waals surface area (Å²) in [6, 6.07) is 4.79. The van der Waals surface area contributed by atoms with Gasteiger partial charge in [-0.25, -0.2) is 0 Å². The summed E-state index contributed by atoms with van der Waals surface area (Å²) in [6.45, 7) is 1.89. The first-order valence-electron chi connectivity index (χ1n) is 6.70. The Hall–Kier alpha value is -2.22. The molecule has 7 nitrogen and oxygen atoms in total. The van der Waals surface area contributed by atoms with Gasteiger partial charge in [0.1, 0.15) is 0 Å². The maximum atomic E-state index is 10.9. The number of nitrogens with zero attached hydrogens (tertiary/aromatic N) is 3. The smallest absolute Gasteiger partial charge is 0.270 e. The number of hydrogen-bond acceptors (Lipinski definition) is 5. The fourth-order valence-electron chi connectivity index (χ4n) is 2.35. The second-order valence-electron chi connectivity index (χ2n) is 4.78. The van der Waals surface area contributed by atoms with Crippen LogP contribution in [-0.2, 0) is 0 Å². The lowest BCUT2D eigenvalue weighted by molar-refractivity contribution is -0.384. The molecule has 0 amide bonds. The number of benzene rings is 1. The van der Waals surface area contributed by atoms with Crippen molar-refractivity contribution in [2.45, 2.75) is 19.3 Å². The predicted molar refractivity (Wildman–Crippen MR) is 86.7 cm³/mol. The SMILES string of the molecule is NC(=S)NN=Cc1cc([N+](=O)[O-])ccc1N1CCCCC1. The van der Waals surface area contributed by atoms with Crippen LogP contribution in [0.4, 0.5) is 11.4 Å². The van der Waals surface area contributed by atoms with Gasteiger partial charge in [-0.1, -0.05) is 0 Å². The van der Waals surface area contributed by atoms with Gasteiger partial charge in [-0.15, -0.1) is 0 Å². The molecule has 0 aliphatic carbocycles. The molecule has 0 saturated carbocycles. The molecule has 0 bridgehead atoms. The first-order chi connectivity index (χ1) is 10.1. The highest BCUT2D eigenvalue weighted by molar-refractivity contribution is 7.80. The molecular formula is C13H17N5O2S. The molecule has 1 saturated heterocycles. The second-order valence-corrected chi connectivity index (χ2v) is 5.22. The van der Waals surface area contributed by atoms with E-state index in [1.54, 1.807) is 6.07 Å². The van der Waals surface area contributed by atoms with Crippen LogP contribution in [0.25, 0.3) is 0 Å². The Morgan fingerprint density at radius 2 is 2.14 bits per heavy atom. The lowest BCUT2D eigenvalue weighted by Crippen LogP contribution is -2.30. The average molecular weight is 307 g/mol. The van der Waals surface area contributed by atoms with E-state index in [-0.39, 0.29) is 10.8 Å². The molecular weight excluding hydrogens is 290 g/mol. The van der Waals surface area contributed by atoms with E-state index in [1.165, 1.54) is 24.8 Å². The van der Waals surface area contributed by atoms with Gasteiger partial charge in [-0.3, -0.25) is 15.5 Å². The summed E-state index contributed by atoms with van der Waals surface area (Å²) in [7, 11) is 0. The molecule has 8 heteroatoms. The number of nitro groups is 1. The Kier molecular flexibility index (Phi) is 5.04. The Labute approximate surface area is 128 Å². The number of non-ortho nitro benzene ring substituents is 1. The van der Waals surface area contributed by atoms with E-state index in [0.29, 0.717) is 5.56 Å². The minimum absolute atomic E-state index is 0.0348. The summed E-state index contributed by atoms with van der Waals surface area (Å²) in [5.41, 5.74) is 9.42. The van der Waals surface area contributed by atoms with Gasteiger partial charge in [0.15, 0.2) is 5.11 Å². The van der Waals surface area contributed by atoms with Crippen LogP contribution >= 0.6 is 12.2 Å². The number of nitrogens with two attached hydrogens (primary N) is 1. The molecule has 0 spiro atoms. The van der Waals surface area contributed by atoms with Gasteiger partial charge in [0, 0.05) is 36.5 Å². The number of nitrogens with one attached hydrogen (secondary N) is 1. The summed E-state index contributed by atoms with van der Waals surface area (Å²) in [4.78, 5) is 12.7. The number of hydrazone groups is 1. The van der Waals surface area contributed by atoms with Crippen molar-refractivity contribution in [1.29, 1.82) is 0 Å². The fraction of sp³-hybridized carbons (Fsp3) is 0.385. The van der Waals surface area contributed by atoms with Crippen LogP contribution in [0.3, 0.4) is 0 Å². The van der Waals surface area contributed by atoms with Crippen LogP contribution in [0, 0.1) is 10.1 Å². The molecule has 1 heterocycles. The van der Waals surface area contributed by atoms with Gasteiger partial charge >= 0.3 is 0 Å². The number of thiocarbonyl (C=S) groups is 1. The lowest BCUT2D eigenvalue weighted by atomic mass is 10.1. The fourth-order valence-corrected chi connectivity index (χ4v) is 2.40. The molecule has 1 aromatic rings. The third kappa shape index (κ3) is 4.12. The van der Waals surface area contributed by atoms with Crippen LogP contribution in [0.2, 0.25) is 0 Å². The Balaban J connectivity index is 2.30. The van der Waals surface area contributed by atoms with Gasteiger partial charge < -0.3 is 10.6 Å². The summed E-state index contributed by atoms with van der Waals surface area (Å²) < 4.78 is 0. The van der Waals surface area contributed by atoms with Crippen LogP contribution in [0.1, 0.15) is 24.8 Å². The van der Waals surface area contributed by atoms with Gasteiger partial charge in [-0.05, 0) is 37.5 Å². The minimum atomic E-state index is -0.418. The van der Waals surface area contributed by atoms with E-state index in [9.17, 15) is 10.1 Å². The van der Waals surface area contributed by atoms with Crippen molar-refractivity contribution in [3.63, 3.8) is 0 Å². The van der Waals surface area contributed by atoms with Gasteiger partial charge in [-0.2, -0.15) is 5.10 Å². The molecule has 1 aliphatic heterocycles. The van der Waals surface area contributed by atoms with E-state index in [2.05, 4.69) is 27.6 Å². The third-order valence-electron chi connectivity index (χ3n) is 3.30. The van der Waals surface area contributed by atoms with Crippen molar-refractivity contribution < 1.29 is 4.92 Å². The standard InChI is InChI=1S/C13H17N5O2S/c14-13(21)16-15-9-10-8-11(18(19)20)4-5-12(10)17-6-2-1-3-7-17/h4-5,8-9H,1-3,6-7H2,(H3,14,16,21). The quantitative estimate of drug-likeness (QED) is 0.381. The predicted octanol–water partition coefficient (Wildman–Crippen LogP) is 1.75. The Morgan fingerprint density at radius 3 is 2.76 bits per heavy atom. The zero-order valence-corrected chi connectivity index (χ0v) is 12.3. The van der Waals surface area contributed by atoms with E-state index in [4.69, 9.17) is 5.73 Å². The maximum Gasteiger partial charge on any atom is 0.270 e. The summed E-state index contributed by atoms with van der Waals surface area (Å²) in [6.07, 6.45) is 4.98. The molecule has 1 fully saturated rings. The summed E-state index contributed by atoms with van der Waals surface area (Å²) >= 11 is 4.67. The van der Waals surface area contributed by atoms with Crippen LogP contribution in [-0.4, -0.2) is 29.3 Å². The number of anilines is 1. The minimum Gasteiger partial charge on any atom is -0.375 e. The van der Waals surface area contributed by atoms with Crippen LogP contribution in [0.15, 0.2) is 23.3 Å². The second kappa shape index (κ2) is 6.98. The Bertz CT molecular complexity index is 570. The van der Waals surface area contributed by atoms with Crippen LogP contribution in [0.5, 0.6) is 0 Å². The molecule has 3 N–H and O–H groups in total. The molecule has 0 unspecified atom stereocenters. The first-order valence-corrected chi connectivity index (χ1v) is 7.10. The topological polar surface area (TPSA) is 96.8 Å². The van der Waals surface area contributed by atoms with E-state index >= 15 is 0 Å². The average Bonchev–Trinajstić information content (AvgIpc) is 2.47. The van der Waals surface area contributed by atoms with Crippen molar-refractivity contribution in [3.05, 3.63) is 33.9 Å². The van der Waals surface area contributed by atoms with Crippen molar-refractivity contribution in [1.82, 2.24) is 5.43 Å². The molecule has 112 valence electrons. The van der Waals surface area contributed by atoms with Crippen molar-refractivity contribution in [2.24, 2.45) is 10.8 Å². The summed E-state index contributed by atoms with van der Waals surface area (Å²) in [5.74, 6) is 0. The summed E-state index contributed by atoms with van der Waals surface area (Å²) in [5, 5.41) is 14.9. The van der Waals surface area contributed by atoms with E-state index < -0.39 is 4.92 Å². The highest BCUT2D eigenvalue weighted by Crippen LogP contribution is 2.26. The molecule has 0 atom stereocenters. The molecule has 21 heavy (non-hydrogen) atoms. The van der Waals surface area contributed by atoms with Crippen molar-refractivity contribution >= 4 is 34.9 Å². The number of hydrogen-bond donors (Lipinski definition) is 2. The molecule has 2 rings (SSSR count). The third-order valence-corrected chi connectivity index (χ3v) is 3.39. The highest BCUT2D eigenvalue weighted by atomic mass is 32.1. The molecule has 0 radical (unpaired) electrons. The molecule has 1 aromatic carbocycles. The van der Waals surface area contributed by atoms with Crippen molar-refractivity contribution in [2.75, 3.05) is 18.0 Å². The zero-order valence-electron chi connectivity index (χ0n) is 11.5. The molecule has 1 aliphatic rings. The van der Waals surface area contributed by atoms with Gasteiger partial charge in [0.05, 0.1) is 11.1 Å². The van der Waals surface area contributed by atoms with Gasteiger partial charge in [0.2, 0.25) is 0 Å². The number of rotatable bonds is 4. The first kappa shape index (κ1) is 15.2. The van der Waals surface area contributed by atoms with E-state index in [1.807, 2.05) is 0 Å². The monoisotopic (exact) mass is 307 g/mol. The molecule has 0 aromatic heterocycles. The number of piperidine rings is 1. The van der Waals surface area contributed by atoms with Crippen molar-refractivity contribution in [3.8, 4) is 0 Å². The highest BCUT2D eigenvalue weighted by Gasteiger charge is 2.16. The maximum absolute atomic E-state index is 10.9. The Morgan fingerprint density at radius 1 is 1.43 bits per heavy atom. The largest absolute Gasteiger partial charge is 0.375 e. The van der Waals surface area contributed by atoms with Gasteiger partial charge in [0.25, 0.3) is 5.69 Å². The lowest BCUT2D eigenvalue weighted by Gasteiger charge is -2.29. The number of nitro benzene ring substituents is 1. The zero-order chi connectivity index (χ0) is 15.2. The van der Waals surface area contributed by atoms with Crippen LogP contribution < -0.4 is 16.1 Å². The normalized spacial score (nSPS) is 15.1.